The topological polar surface area (TPSA) is 59.3 Å². The number of rotatable bonds is 4. The Labute approximate surface area is 133 Å². The standard InChI is InChI=1S/C19H15NO3/c1-13(21)17-12-16(19(22)23)18(14-8-4-2-5-9-14)20(17)15-10-6-3-7-11-15/h2-12H,1H3,(H,22,23). The first-order valence-electron chi connectivity index (χ1n) is 7.20. The van der Waals surface area contributed by atoms with Crippen LogP contribution < -0.4 is 0 Å². The SMILES string of the molecule is CC(=O)c1cc(C(=O)O)c(-c2ccccc2)n1-c1ccccc1. The monoisotopic (exact) mass is 305 g/mol. The Kier molecular flexibility index (Phi) is 3.81. The maximum absolute atomic E-state index is 12.0. The van der Waals surface area contributed by atoms with E-state index in [0.29, 0.717) is 11.4 Å². The third kappa shape index (κ3) is 2.66. The minimum Gasteiger partial charge on any atom is -0.478 e. The van der Waals surface area contributed by atoms with Gasteiger partial charge in [-0.15, -0.1) is 0 Å². The summed E-state index contributed by atoms with van der Waals surface area (Å²) in [6, 6.07) is 20.0. The van der Waals surface area contributed by atoms with Gasteiger partial charge in [0.2, 0.25) is 0 Å². The molecular formula is C19H15NO3. The van der Waals surface area contributed by atoms with Crippen LogP contribution in [0.5, 0.6) is 0 Å². The zero-order valence-corrected chi connectivity index (χ0v) is 12.6. The molecule has 114 valence electrons. The second-order valence-corrected chi connectivity index (χ2v) is 5.19. The molecule has 0 fully saturated rings. The summed E-state index contributed by atoms with van der Waals surface area (Å²) in [6.07, 6.45) is 0. The number of hydrogen-bond donors (Lipinski definition) is 1. The number of nitrogens with zero attached hydrogens (tertiary/aromatic N) is 1. The normalized spacial score (nSPS) is 10.5. The summed E-state index contributed by atoms with van der Waals surface area (Å²) in [5.74, 6) is -1.24. The number of para-hydroxylation sites is 1. The molecule has 0 atom stereocenters. The van der Waals surface area contributed by atoms with Gasteiger partial charge in [0.1, 0.15) is 0 Å². The lowest BCUT2D eigenvalue weighted by molar-refractivity contribution is 0.0698. The average Bonchev–Trinajstić information content (AvgIpc) is 2.97. The predicted octanol–water partition coefficient (Wildman–Crippen LogP) is 4.05. The summed E-state index contributed by atoms with van der Waals surface area (Å²) in [5, 5.41) is 9.57. The van der Waals surface area contributed by atoms with E-state index >= 15 is 0 Å². The van der Waals surface area contributed by atoms with Gasteiger partial charge in [-0.2, -0.15) is 0 Å². The number of aromatic nitrogens is 1. The first kappa shape index (κ1) is 14.8. The fourth-order valence-corrected chi connectivity index (χ4v) is 2.66. The van der Waals surface area contributed by atoms with Gasteiger partial charge in [0, 0.05) is 12.6 Å². The molecular weight excluding hydrogens is 290 g/mol. The van der Waals surface area contributed by atoms with Gasteiger partial charge in [0.15, 0.2) is 5.78 Å². The van der Waals surface area contributed by atoms with Gasteiger partial charge in [0.25, 0.3) is 0 Å². The highest BCUT2D eigenvalue weighted by molar-refractivity contribution is 6.02. The summed E-state index contributed by atoms with van der Waals surface area (Å²) in [4.78, 5) is 23.7. The van der Waals surface area contributed by atoms with E-state index in [0.717, 1.165) is 11.3 Å². The molecule has 0 radical (unpaired) electrons. The van der Waals surface area contributed by atoms with E-state index in [2.05, 4.69) is 0 Å². The summed E-state index contributed by atoms with van der Waals surface area (Å²) < 4.78 is 1.71. The molecule has 1 heterocycles. The fourth-order valence-electron chi connectivity index (χ4n) is 2.66. The van der Waals surface area contributed by atoms with Crippen molar-refractivity contribution >= 4 is 11.8 Å². The average molecular weight is 305 g/mol. The van der Waals surface area contributed by atoms with Gasteiger partial charge in [0.05, 0.1) is 17.0 Å². The Hall–Kier alpha value is -3.14. The summed E-state index contributed by atoms with van der Waals surface area (Å²) >= 11 is 0. The van der Waals surface area contributed by atoms with Gasteiger partial charge >= 0.3 is 5.97 Å². The van der Waals surface area contributed by atoms with Crippen molar-refractivity contribution in [3.63, 3.8) is 0 Å². The first-order chi connectivity index (χ1) is 11.1. The number of hydrogen-bond acceptors (Lipinski definition) is 2. The number of Topliss-reactive ketones (excluding diaryl/α,β-unsaturated/α-hetero) is 1. The Morgan fingerprint density at radius 2 is 1.48 bits per heavy atom. The van der Waals surface area contributed by atoms with Crippen molar-refractivity contribution in [1.82, 2.24) is 4.57 Å². The smallest absolute Gasteiger partial charge is 0.337 e. The number of carboxylic acids is 1. The number of benzene rings is 2. The number of ketones is 1. The zero-order chi connectivity index (χ0) is 16.4. The number of carboxylic acid groups (broad SMARTS) is 1. The van der Waals surface area contributed by atoms with Crippen molar-refractivity contribution in [3.05, 3.63) is 78.0 Å². The van der Waals surface area contributed by atoms with E-state index in [1.54, 1.807) is 4.57 Å². The Balaban J connectivity index is 2.40. The van der Waals surface area contributed by atoms with Gasteiger partial charge in [-0.25, -0.2) is 4.79 Å². The molecule has 3 rings (SSSR count). The molecule has 0 bridgehead atoms. The van der Waals surface area contributed by atoms with Crippen molar-refractivity contribution in [1.29, 1.82) is 0 Å². The molecule has 0 amide bonds. The van der Waals surface area contributed by atoms with Gasteiger partial charge in [-0.05, 0) is 23.8 Å². The van der Waals surface area contributed by atoms with E-state index in [9.17, 15) is 14.7 Å². The molecule has 0 saturated heterocycles. The van der Waals surface area contributed by atoms with Crippen molar-refractivity contribution < 1.29 is 14.7 Å². The van der Waals surface area contributed by atoms with Crippen LogP contribution in [0.4, 0.5) is 0 Å². The van der Waals surface area contributed by atoms with Crippen LogP contribution in [0.15, 0.2) is 66.7 Å². The minimum atomic E-state index is -1.05. The fraction of sp³-hybridized carbons (Fsp3) is 0.0526. The van der Waals surface area contributed by atoms with Gasteiger partial charge in [-0.3, -0.25) is 4.79 Å². The second-order valence-electron chi connectivity index (χ2n) is 5.19. The lowest BCUT2D eigenvalue weighted by Gasteiger charge is -2.13. The highest BCUT2D eigenvalue weighted by atomic mass is 16.4. The van der Waals surface area contributed by atoms with E-state index < -0.39 is 5.97 Å². The molecule has 3 aromatic rings. The van der Waals surface area contributed by atoms with Crippen LogP contribution in [0.2, 0.25) is 0 Å². The third-order valence-electron chi connectivity index (χ3n) is 3.65. The van der Waals surface area contributed by atoms with E-state index in [4.69, 9.17) is 0 Å². The number of carbonyl (C=O) groups is 2. The second kappa shape index (κ2) is 5.93. The molecule has 4 nitrogen and oxygen atoms in total. The van der Waals surface area contributed by atoms with Crippen LogP contribution in [-0.4, -0.2) is 21.4 Å². The molecule has 0 saturated carbocycles. The molecule has 2 aromatic carbocycles. The largest absolute Gasteiger partial charge is 0.478 e. The van der Waals surface area contributed by atoms with Gasteiger partial charge in [-0.1, -0.05) is 48.5 Å². The van der Waals surface area contributed by atoms with Crippen LogP contribution in [0.1, 0.15) is 27.8 Å². The van der Waals surface area contributed by atoms with Crippen LogP contribution in [0, 0.1) is 0 Å². The van der Waals surface area contributed by atoms with Crippen molar-refractivity contribution in [2.75, 3.05) is 0 Å². The van der Waals surface area contributed by atoms with E-state index in [1.807, 2.05) is 60.7 Å². The summed E-state index contributed by atoms with van der Waals surface area (Å²) in [6.45, 7) is 1.44. The van der Waals surface area contributed by atoms with E-state index in [-0.39, 0.29) is 11.3 Å². The highest BCUT2D eigenvalue weighted by Gasteiger charge is 2.23. The third-order valence-corrected chi connectivity index (χ3v) is 3.65. The molecule has 1 aromatic heterocycles. The zero-order valence-electron chi connectivity index (χ0n) is 12.6. The Morgan fingerprint density at radius 3 is 2.00 bits per heavy atom. The molecule has 0 spiro atoms. The molecule has 0 aliphatic carbocycles. The van der Waals surface area contributed by atoms with Crippen LogP contribution >= 0.6 is 0 Å². The molecule has 0 aliphatic heterocycles. The summed E-state index contributed by atoms with van der Waals surface area (Å²) in [5.41, 5.74) is 2.48. The first-order valence-corrected chi connectivity index (χ1v) is 7.20. The van der Waals surface area contributed by atoms with Crippen molar-refractivity contribution in [2.45, 2.75) is 6.92 Å². The maximum atomic E-state index is 12.0. The lowest BCUT2D eigenvalue weighted by atomic mass is 10.1. The molecule has 1 N–H and O–H groups in total. The minimum absolute atomic E-state index is 0.116. The number of aromatic carboxylic acids is 1. The quantitative estimate of drug-likeness (QED) is 0.740. The Bertz CT molecular complexity index is 792. The van der Waals surface area contributed by atoms with E-state index in [1.165, 1.54) is 13.0 Å². The number of carbonyl (C=O) groups excluding carboxylic acids is 1. The van der Waals surface area contributed by atoms with Gasteiger partial charge < -0.3 is 9.67 Å². The predicted molar refractivity (Wildman–Crippen MR) is 88.2 cm³/mol. The molecule has 23 heavy (non-hydrogen) atoms. The van der Waals surface area contributed by atoms with Crippen LogP contribution in [-0.2, 0) is 0 Å². The maximum Gasteiger partial charge on any atom is 0.337 e. The van der Waals surface area contributed by atoms with Crippen molar-refractivity contribution in [2.24, 2.45) is 0 Å². The Morgan fingerprint density at radius 1 is 0.913 bits per heavy atom. The van der Waals surface area contributed by atoms with Crippen LogP contribution in [0.3, 0.4) is 0 Å². The molecule has 0 aliphatic rings. The highest BCUT2D eigenvalue weighted by Crippen LogP contribution is 2.31. The summed E-state index contributed by atoms with van der Waals surface area (Å²) in [7, 11) is 0. The lowest BCUT2D eigenvalue weighted by Crippen LogP contribution is -2.06. The van der Waals surface area contributed by atoms with Crippen LogP contribution in [0.25, 0.3) is 16.9 Å². The van der Waals surface area contributed by atoms with Crippen molar-refractivity contribution in [3.8, 4) is 16.9 Å². The molecule has 0 unspecified atom stereocenters. The molecule has 4 heteroatoms.